The van der Waals surface area contributed by atoms with Gasteiger partial charge in [0.05, 0.1) is 7.11 Å². The Morgan fingerprint density at radius 1 is 1.20 bits per heavy atom. The first-order chi connectivity index (χ1) is 14.4. The molecule has 0 radical (unpaired) electrons. The topological polar surface area (TPSA) is 108 Å². The van der Waals surface area contributed by atoms with E-state index >= 15 is 0 Å². The van der Waals surface area contributed by atoms with E-state index in [1.165, 1.54) is 17.9 Å². The normalized spacial score (nSPS) is 20.1. The number of carbonyl (C=O) groups excluding carboxylic acids is 3. The van der Waals surface area contributed by atoms with Gasteiger partial charge in [-0.2, -0.15) is 0 Å². The lowest BCUT2D eigenvalue weighted by atomic mass is 9.67. The van der Waals surface area contributed by atoms with Gasteiger partial charge in [0.1, 0.15) is 28.9 Å². The van der Waals surface area contributed by atoms with Crippen molar-refractivity contribution < 1.29 is 28.6 Å². The average Bonchev–Trinajstić information content (AvgIpc) is 2.95. The summed E-state index contributed by atoms with van der Waals surface area (Å²) < 4.78 is 15.7. The third-order valence-corrected chi connectivity index (χ3v) is 5.01. The number of rotatable bonds is 6. The van der Waals surface area contributed by atoms with Crippen LogP contribution in [0.1, 0.15) is 12.5 Å². The summed E-state index contributed by atoms with van der Waals surface area (Å²) in [5, 5.41) is 0. The predicted octanol–water partition coefficient (Wildman–Crippen LogP) is 1.83. The number of hydrogen-bond donors (Lipinski definition) is 1. The number of amides is 1. The molecule has 1 aromatic rings. The summed E-state index contributed by atoms with van der Waals surface area (Å²) in [5.41, 5.74) is 4.69. The van der Waals surface area contributed by atoms with E-state index in [-0.39, 0.29) is 35.9 Å². The van der Waals surface area contributed by atoms with Gasteiger partial charge in [-0.15, -0.1) is 6.58 Å². The van der Waals surface area contributed by atoms with Gasteiger partial charge in [0, 0.05) is 17.8 Å². The van der Waals surface area contributed by atoms with Gasteiger partial charge in [0.25, 0.3) is 0 Å². The molecule has 0 aliphatic carbocycles. The minimum absolute atomic E-state index is 0.0535. The lowest BCUT2D eigenvalue weighted by Gasteiger charge is -2.36. The maximum Gasteiger partial charge on any atom is 0.340 e. The highest BCUT2D eigenvalue weighted by molar-refractivity contribution is 6.22. The number of methoxy groups -OCH3 is 1. The first-order valence-corrected chi connectivity index (χ1v) is 9.14. The van der Waals surface area contributed by atoms with Crippen molar-refractivity contribution in [3.8, 4) is 0 Å². The highest BCUT2D eigenvalue weighted by atomic mass is 16.5. The van der Waals surface area contributed by atoms with Crippen LogP contribution >= 0.6 is 0 Å². The second kappa shape index (κ2) is 7.90. The van der Waals surface area contributed by atoms with E-state index < -0.39 is 23.3 Å². The number of ether oxygens (including phenoxy) is 3. The van der Waals surface area contributed by atoms with Crippen LogP contribution in [0.3, 0.4) is 0 Å². The number of nitrogens with two attached hydrogens (primary N) is 1. The van der Waals surface area contributed by atoms with Gasteiger partial charge < -0.3 is 24.8 Å². The Morgan fingerprint density at radius 3 is 2.53 bits per heavy atom. The second-order valence-electron chi connectivity index (χ2n) is 6.62. The number of allylic oxidation sites excluding steroid dienone is 1. The van der Waals surface area contributed by atoms with Crippen molar-refractivity contribution in [3.63, 3.8) is 0 Å². The van der Waals surface area contributed by atoms with Gasteiger partial charge in [-0.05, 0) is 13.0 Å². The smallest absolute Gasteiger partial charge is 0.340 e. The number of para-hydroxylation sites is 1. The summed E-state index contributed by atoms with van der Waals surface area (Å²) in [5.74, 6) is -2.54. The molecule has 2 N–H and O–H groups in total. The van der Waals surface area contributed by atoms with Gasteiger partial charge in [-0.25, -0.2) is 9.59 Å². The number of carbonyl (C=O) groups is 3. The van der Waals surface area contributed by atoms with Crippen molar-refractivity contribution in [1.29, 1.82) is 0 Å². The molecule has 2 aliphatic heterocycles. The summed E-state index contributed by atoms with van der Waals surface area (Å²) >= 11 is 0. The first-order valence-electron chi connectivity index (χ1n) is 9.14. The number of nitrogens with zero attached hydrogens (tertiary/aromatic N) is 1. The number of fused-ring (bicyclic) bond motifs is 2. The Kier molecular flexibility index (Phi) is 5.51. The van der Waals surface area contributed by atoms with Crippen molar-refractivity contribution in [2.24, 2.45) is 5.73 Å². The van der Waals surface area contributed by atoms with Crippen LogP contribution in [-0.2, 0) is 34.0 Å². The van der Waals surface area contributed by atoms with Crippen molar-refractivity contribution in [1.82, 2.24) is 0 Å². The van der Waals surface area contributed by atoms with Gasteiger partial charge in [0.15, 0.2) is 0 Å². The Morgan fingerprint density at radius 2 is 1.90 bits per heavy atom. The second-order valence-corrected chi connectivity index (χ2v) is 6.62. The maximum atomic E-state index is 13.9. The van der Waals surface area contributed by atoms with E-state index in [0.29, 0.717) is 11.3 Å². The minimum atomic E-state index is -1.88. The van der Waals surface area contributed by atoms with E-state index in [4.69, 9.17) is 19.9 Å². The molecule has 0 aromatic heterocycles. The molecule has 8 nitrogen and oxygen atoms in total. The zero-order chi connectivity index (χ0) is 22.1. The van der Waals surface area contributed by atoms with Crippen LogP contribution in [-0.4, -0.2) is 38.1 Å². The first kappa shape index (κ1) is 20.9. The Bertz CT molecular complexity index is 1020. The van der Waals surface area contributed by atoms with Crippen LogP contribution in [0.25, 0.3) is 0 Å². The number of anilines is 1. The van der Waals surface area contributed by atoms with Crippen LogP contribution in [0.2, 0.25) is 0 Å². The summed E-state index contributed by atoms with van der Waals surface area (Å²) in [6.07, 6.45) is 2.94. The lowest BCUT2D eigenvalue weighted by Crippen LogP contribution is -2.50. The van der Waals surface area contributed by atoms with E-state index in [0.717, 1.165) is 7.11 Å². The number of benzene rings is 1. The molecule has 1 amide bonds. The fraction of sp³-hybridized carbons (Fsp3) is 0.227. The fourth-order valence-corrected chi connectivity index (χ4v) is 3.95. The molecule has 8 heteroatoms. The van der Waals surface area contributed by atoms with Crippen LogP contribution < -0.4 is 10.6 Å². The monoisotopic (exact) mass is 410 g/mol. The molecular formula is C22H22N2O6. The van der Waals surface area contributed by atoms with Gasteiger partial charge in [0.2, 0.25) is 11.8 Å². The van der Waals surface area contributed by atoms with Crippen molar-refractivity contribution in [2.75, 3.05) is 25.2 Å². The highest BCUT2D eigenvalue weighted by Gasteiger charge is 2.63. The maximum absolute atomic E-state index is 13.9. The molecule has 1 spiro atoms. The molecule has 0 unspecified atom stereocenters. The van der Waals surface area contributed by atoms with E-state index in [9.17, 15) is 14.4 Å². The third-order valence-electron chi connectivity index (χ3n) is 5.01. The molecule has 0 saturated heterocycles. The number of hydrogen-bond acceptors (Lipinski definition) is 7. The van der Waals surface area contributed by atoms with Crippen molar-refractivity contribution in [3.05, 3.63) is 77.9 Å². The minimum Gasteiger partial charge on any atom is -0.465 e. The molecule has 1 atom stereocenters. The Labute approximate surface area is 173 Å². The summed E-state index contributed by atoms with van der Waals surface area (Å²) in [6.45, 7) is 8.77. The molecule has 0 bridgehead atoms. The molecular weight excluding hydrogens is 388 g/mol. The summed E-state index contributed by atoms with van der Waals surface area (Å²) in [4.78, 5) is 41.3. The molecule has 2 heterocycles. The predicted molar refractivity (Wildman–Crippen MR) is 109 cm³/mol. The van der Waals surface area contributed by atoms with Gasteiger partial charge in [-0.1, -0.05) is 36.9 Å². The van der Waals surface area contributed by atoms with E-state index in [1.54, 1.807) is 30.3 Å². The number of esters is 2. The van der Waals surface area contributed by atoms with Crippen LogP contribution in [0, 0.1) is 0 Å². The molecule has 2 aliphatic rings. The SMILES string of the molecule is C=CCOC(=O)C1=C(C)OC(N)=C(C(=O)OC)[C@@]12C(=O)N(CC=C)c1ccccc12. The fourth-order valence-electron chi connectivity index (χ4n) is 3.95. The Hall–Kier alpha value is -3.81. The molecule has 0 saturated carbocycles. The zero-order valence-electron chi connectivity index (χ0n) is 16.8. The molecule has 3 rings (SSSR count). The molecule has 30 heavy (non-hydrogen) atoms. The largest absolute Gasteiger partial charge is 0.465 e. The van der Waals surface area contributed by atoms with Crippen LogP contribution in [0.5, 0.6) is 0 Å². The zero-order valence-corrected chi connectivity index (χ0v) is 16.8. The lowest BCUT2D eigenvalue weighted by molar-refractivity contribution is -0.142. The molecule has 156 valence electrons. The quantitative estimate of drug-likeness (QED) is 0.563. The molecule has 0 fully saturated rings. The summed E-state index contributed by atoms with van der Waals surface area (Å²) in [6, 6.07) is 6.82. The van der Waals surface area contributed by atoms with Crippen LogP contribution in [0.4, 0.5) is 5.69 Å². The van der Waals surface area contributed by atoms with E-state index in [2.05, 4.69) is 13.2 Å². The van der Waals surface area contributed by atoms with Gasteiger partial charge >= 0.3 is 11.9 Å². The van der Waals surface area contributed by atoms with E-state index in [1.807, 2.05) is 0 Å². The van der Waals surface area contributed by atoms with Crippen LogP contribution in [0.15, 0.2) is 72.4 Å². The van der Waals surface area contributed by atoms with Gasteiger partial charge in [-0.3, -0.25) is 4.79 Å². The highest BCUT2D eigenvalue weighted by Crippen LogP contribution is 2.54. The van der Waals surface area contributed by atoms with Crippen molar-refractivity contribution >= 4 is 23.5 Å². The van der Waals surface area contributed by atoms with Crippen molar-refractivity contribution in [2.45, 2.75) is 12.3 Å². The molecule has 1 aromatic carbocycles. The Balaban J connectivity index is 2.41. The summed E-state index contributed by atoms with van der Waals surface area (Å²) in [7, 11) is 1.16. The average molecular weight is 410 g/mol. The third kappa shape index (κ3) is 2.80. The standard InChI is InChI=1S/C22H22N2O6/c1-5-11-24-15-10-8-7-9-14(15)22(21(24)27)16(20(26)29-12-6-2)13(3)30-18(23)17(22)19(25)28-4/h5-10H,1-2,11-12,23H2,3-4H3/t22-/m0/s1.